The number of phenols is 2. The Bertz CT molecular complexity index is 801. The van der Waals surface area contributed by atoms with Gasteiger partial charge in [0, 0.05) is 5.57 Å². The molecule has 2 atom stereocenters. The van der Waals surface area contributed by atoms with Crippen LogP contribution in [0.15, 0.2) is 35.4 Å². The molecule has 0 aromatic heterocycles. The summed E-state index contributed by atoms with van der Waals surface area (Å²) in [5.41, 5.74) is 0.405. The van der Waals surface area contributed by atoms with E-state index in [1.165, 1.54) is 0 Å². The van der Waals surface area contributed by atoms with E-state index in [-0.39, 0.29) is 35.0 Å². The number of allylic oxidation sites excluding steroid dienone is 2. The van der Waals surface area contributed by atoms with Gasteiger partial charge < -0.3 is 24.8 Å². The van der Waals surface area contributed by atoms with Crippen molar-refractivity contribution < 1.29 is 34.4 Å². The third-order valence-electron chi connectivity index (χ3n) is 3.94. The highest BCUT2D eigenvalue weighted by molar-refractivity contribution is 6.27. The van der Waals surface area contributed by atoms with Crippen LogP contribution in [0.25, 0.3) is 0 Å². The number of hydrogen-bond acceptors (Lipinski definition) is 7. The molecule has 0 spiro atoms. The van der Waals surface area contributed by atoms with Crippen LogP contribution in [-0.2, 0) is 9.47 Å². The number of hydrogen-bond donors (Lipinski definition) is 3. The number of rotatable bonds is 7. The normalized spacial score (nSPS) is 16.0. The molecule has 7 nitrogen and oxygen atoms in total. The predicted octanol–water partition coefficient (Wildman–Crippen LogP) is 2.85. The summed E-state index contributed by atoms with van der Waals surface area (Å²) in [7, 11) is 0. The van der Waals surface area contributed by atoms with E-state index in [0.717, 1.165) is 23.8 Å². The fourth-order valence-electron chi connectivity index (χ4n) is 2.73. The van der Waals surface area contributed by atoms with Crippen LogP contribution in [0.3, 0.4) is 0 Å². The predicted molar refractivity (Wildman–Crippen MR) is 97.7 cm³/mol. The van der Waals surface area contributed by atoms with Crippen molar-refractivity contribution in [2.45, 2.75) is 52.8 Å². The van der Waals surface area contributed by atoms with Gasteiger partial charge in [0.2, 0.25) is 0 Å². The summed E-state index contributed by atoms with van der Waals surface area (Å²) in [5.74, 6) is -2.08. The highest BCUT2D eigenvalue weighted by Gasteiger charge is 2.35. The van der Waals surface area contributed by atoms with Gasteiger partial charge in [0.05, 0.1) is 23.3 Å². The Labute approximate surface area is 157 Å². The minimum Gasteiger partial charge on any atom is -0.507 e. The lowest BCUT2D eigenvalue weighted by molar-refractivity contribution is -0.288. The summed E-state index contributed by atoms with van der Waals surface area (Å²) in [4.78, 5) is 25.4. The van der Waals surface area contributed by atoms with Gasteiger partial charge in [-0.3, -0.25) is 9.59 Å². The van der Waals surface area contributed by atoms with Gasteiger partial charge in [0.15, 0.2) is 11.6 Å². The number of ketones is 2. The molecule has 0 aliphatic heterocycles. The second kappa shape index (κ2) is 8.47. The molecule has 27 heavy (non-hydrogen) atoms. The van der Waals surface area contributed by atoms with Gasteiger partial charge in [0.1, 0.15) is 11.5 Å². The molecule has 1 unspecified atom stereocenters. The van der Waals surface area contributed by atoms with E-state index >= 15 is 0 Å². The highest BCUT2D eigenvalue weighted by Crippen LogP contribution is 2.36. The molecule has 0 saturated heterocycles. The molecule has 0 heterocycles. The van der Waals surface area contributed by atoms with Crippen LogP contribution in [0.4, 0.5) is 0 Å². The molecule has 3 N–H and O–H groups in total. The molecule has 1 aliphatic rings. The van der Waals surface area contributed by atoms with Gasteiger partial charge in [-0.05, 0) is 52.3 Å². The fraction of sp³-hybridized carbons (Fsp3) is 0.400. The Balaban J connectivity index is 2.43. The molecule has 7 heteroatoms. The van der Waals surface area contributed by atoms with Gasteiger partial charge in [-0.1, -0.05) is 11.6 Å². The molecule has 0 bridgehead atoms. The molecule has 1 aliphatic carbocycles. The zero-order valence-electron chi connectivity index (χ0n) is 15.7. The number of Topliss-reactive ketones (excluding diaryl/α,β-unsaturated/α-hetero) is 1. The Morgan fingerprint density at radius 3 is 2.22 bits per heavy atom. The lowest BCUT2D eigenvalue weighted by Crippen LogP contribution is -2.32. The molecule has 2 rings (SSSR count). The summed E-state index contributed by atoms with van der Waals surface area (Å²) in [6.07, 6.45) is 1.78. The van der Waals surface area contributed by atoms with Crippen LogP contribution < -0.4 is 0 Å². The third-order valence-corrected chi connectivity index (χ3v) is 3.94. The van der Waals surface area contributed by atoms with Crippen molar-refractivity contribution in [2.24, 2.45) is 0 Å². The van der Waals surface area contributed by atoms with Crippen LogP contribution in [-0.4, -0.2) is 45.6 Å². The number of carbonyl (C=O) groups excluding carboxylic acids is 2. The number of benzene rings is 1. The lowest BCUT2D eigenvalue weighted by atomic mass is 9.85. The van der Waals surface area contributed by atoms with Crippen molar-refractivity contribution >= 4 is 11.6 Å². The third kappa shape index (κ3) is 4.82. The van der Waals surface area contributed by atoms with Crippen LogP contribution in [0.1, 0.15) is 54.8 Å². The SMILES string of the molecule is CC(C)=CC[C@@H](OC(O)OC(C)C)C1=CC(=O)c2c(O)ccc(O)c2C1=O. The number of carbonyl (C=O) groups is 2. The first-order valence-electron chi connectivity index (χ1n) is 8.59. The Kier molecular flexibility index (Phi) is 6.54. The van der Waals surface area contributed by atoms with E-state index in [0.29, 0.717) is 0 Å². The molecule has 1 aromatic rings. The van der Waals surface area contributed by atoms with E-state index in [4.69, 9.17) is 9.47 Å². The van der Waals surface area contributed by atoms with Gasteiger partial charge in [-0.2, -0.15) is 0 Å². The highest BCUT2D eigenvalue weighted by atomic mass is 16.8. The van der Waals surface area contributed by atoms with Crippen LogP contribution in [0.2, 0.25) is 0 Å². The van der Waals surface area contributed by atoms with Gasteiger partial charge in [0.25, 0.3) is 6.48 Å². The van der Waals surface area contributed by atoms with Crippen molar-refractivity contribution in [3.05, 3.63) is 46.6 Å². The quantitative estimate of drug-likeness (QED) is 0.381. The van der Waals surface area contributed by atoms with Gasteiger partial charge in [-0.15, -0.1) is 0 Å². The number of aromatic hydroxyl groups is 2. The van der Waals surface area contributed by atoms with Crippen LogP contribution >= 0.6 is 0 Å². The van der Waals surface area contributed by atoms with E-state index in [1.54, 1.807) is 19.9 Å². The number of phenolic OH excluding ortho intramolecular Hbond substituents is 2. The first-order valence-corrected chi connectivity index (χ1v) is 8.59. The zero-order valence-corrected chi connectivity index (χ0v) is 15.7. The first-order chi connectivity index (χ1) is 12.6. The topological polar surface area (TPSA) is 113 Å². The zero-order chi connectivity index (χ0) is 20.3. The Morgan fingerprint density at radius 1 is 1.07 bits per heavy atom. The van der Waals surface area contributed by atoms with Crippen molar-refractivity contribution in [2.75, 3.05) is 0 Å². The molecule has 0 saturated carbocycles. The summed E-state index contributed by atoms with van der Waals surface area (Å²) >= 11 is 0. The van der Waals surface area contributed by atoms with Crippen molar-refractivity contribution in [3.63, 3.8) is 0 Å². The van der Waals surface area contributed by atoms with E-state index in [9.17, 15) is 24.9 Å². The summed E-state index contributed by atoms with van der Waals surface area (Å²) in [6.45, 7) is 5.55. The molecule has 1 aromatic carbocycles. The monoisotopic (exact) mass is 376 g/mol. The van der Waals surface area contributed by atoms with E-state index in [2.05, 4.69) is 0 Å². The Hall–Kier alpha value is -2.48. The Morgan fingerprint density at radius 2 is 1.67 bits per heavy atom. The number of ether oxygens (including phenoxy) is 2. The smallest absolute Gasteiger partial charge is 0.269 e. The second-order valence-electron chi connectivity index (χ2n) is 6.78. The first kappa shape index (κ1) is 20.8. The standard InChI is InChI=1S/C20H24O7/c1-10(2)5-8-16(27-20(25)26-11(3)4)12-9-15(23)17-13(21)6-7-14(22)18(17)19(12)24/h5-7,9,11,16,20-22,25H,8H2,1-4H3/t16-,20?/m1/s1. The minimum absolute atomic E-state index is 0.0303. The summed E-state index contributed by atoms with van der Waals surface area (Å²) < 4.78 is 10.6. The van der Waals surface area contributed by atoms with Crippen LogP contribution in [0, 0.1) is 0 Å². The molecular formula is C20H24O7. The lowest BCUT2D eigenvalue weighted by Gasteiger charge is -2.26. The molecule has 0 fully saturated rings. The maximum Gasteiger partial charge on any atom is 0.269 e. The second-order valence-corrected chi connectivity index (χ2v) is 6.78. The number of aliphatic hydroxyl groups is 1. The average molecular weight is 376 g/mol. The fourth-order valence-corrected chi connectivity index (χ4v) is 2.73. The molecule has 0 amide bonds. The molecule has 146 valence electrons. The van der Waals surface area contributed by atoms with Crippen LogP contribution in [0.5, 0.6) is 11.5 Å². The molecular weight excluding hydrogens is 352 g/mol. The van der Waals surface area contributed by atoms with Crippen molar-refractivity contribution in [1.29, 1.82) is 0 Å². The average Bonchev–Trinajstić information content (AvgIpc) is 2.56. The maximum absolute atomic E-state index is 12.9. The summed E-state index contributed by atoms with van der Waals surface area (Å²) in [5, 5.41) is 29.9. The minimum atomic E-state index is -1.59. The summed E-state index contributed by atoms with van der Waals surface area (Å²) in [6, 6.07) is 2.29. The number of fused-ring (bicyclic) bond motifs is 1. The van der Waals surface area contributed by atoms with E-state index < -0.39 is 29.9 Å². The van der Waals surface area contributed by atoms with Crippen molar-refractivity contribution in [3.8, 4) is 11.5 Å². The number of aliphatic hydroxyl groups excluding tert-OH is 1. The van der Waals surface area contributed by atoms with Gasteiger partial charge >= 0.3 is 0 Å². The molecule has 0 radical (unpaired) electrons. The largest absolute Gasteiger partial charge is 0.507 e. The van der Waals surface area contributed by atoms with Crippen molar-refractivity contribution in [1.82, 2.24) is 0 Å². The maximum atomic E-state index is 12.9. The van der Waals surface area contributed by atoms with E-state index in [1.807, 2.05) is 13.8 Å². The van der Waals surface area contributed by atoms with Gasteiger partial charge in [-0.25, -0.2) is 0 Å².